The summed E-state index contributed by atoms with van der Waals surface area (Å²) in [6.45, 7) is 3.96. The number of carbonyl (C=O) groups excluding carboxylic acids is 1. The van der Waals surface area contributed by atoms with Crippen LogP contribution in [0.25, 0.3) is 0 Å². The average Bonchev–Trinajstić information content (AvgIpc) is 2.28. The molecule has 3 nitrogen and oxygen atoms in total. The maximum atomic E-state index is 11.9. The highest BCUT2D eigenvalue weighted by Gasteiger charge is 2.19. The minimum atomic E-state index is -0.449. The molecule has 1 atom stereocenters. The van der Waals surface area contributed by atoms with E-state index in [0.717, 1.165) is 5.56 Å². The molecule has 0 aromatic heterocycles. The molecule has 3 heteroatoms. The van der Waals surface area contributed by atoms with Crippen LogP contribution < -0.4 is 5.73 Å². The Hall–Kier alpha value is -1.35. The first-order valence-corrected chi connectivity index (χ1v) is 5.58. The van der Waals surface area contributed by atoms with Gasteiger partial charge in [0, 0.05) is 13.1 Å². The van der Waals surface area contributed by atoms with Gasteiger partial charge in [0.25, 0.3) is 0 Å². The summed E-state index contributed by atoms with van der Waals surface area (Å²) >= 11 is 0. The molecule has 0 aliphatic carbocycles. The Morgan fingerprint density at radius 1 is 1.31 bits per heavy atom. The van der Waals surface area contributed by atoms with Crippen LogP contribution in [-0.2, 0) is 11.2 Å². The van der Waals surface area contributed by atoms with E-state index in [0.29, 0.717) is 6.42 Å². The molecule has 0 spiro atoms. The fourth-order valence-corrected chi connectivity index (χ4v) is 1.47. The number of hydrogen-bond donors (Lipinski definition) is 1. The van der Waals surface area contributed by atoms with E-state index in [1.54, 1.807) is 11.9 Å². The van der Waals surface area contributed by atoms with Crippen LogP contribution in [0.15, 0.2) is 30.3 Å². The first kappa shape index (κ1) is 12.7. The molecule has 0 aliphatic heterocycles. The molecular formula is C13H20N2O. The van der Waals surface area contributed by atoms with E-state index in [1.165, 1.54) is 0 Å². The van der Waals surface area contributed by atoms with Crippen molar-refractivity contribution in [2.75, 3.05) is 7.05 Å². The number of amides is 1. The van der Waals surface area contributed by atoms with Gasteiger partial charge in [0.1, 0.15) is 0 Å². The number of nitrogens with zero attached hydrogens (tertiary/aromatic N) is 1. The average molecular weight is 220 g/mol. The minimum Gasteiger partial charge on any atom is -0.342 e. The van der Waals surface area contributed by atoms with Crippen molar-refractivity contribution in [3.8, 4) is 0 Å². The van der Waals surface area contributed by atoms with Gasteiger partial charge in [-0.1, -0.05) is 30.3 Å². The third-order valence-electron chi connectivity index (χ3n) is 2.74. The summed E-state index contributed by atoms with van der Waals surface area (Å²) in [7, 11) is 1.79. The number of likely N-dealkylation sites (N-methyl/N-ethyl adjacent to an activating group) is 1. The van der Waals surface area contributed by atoms with Gasteiger partial charge in [0.15, 0.2) is 0 Å². The van der Waals surface area contributed by atoms with E-state index >= 15 is 0 Å². The van der Waals surface area contributed by atoms with E-state index in [4.69, 9.17) is 5.73 Å². The molecule has 1 rings (SSSR count). The van der Waals surface area contributed by atoms with Crippen LogP contribution in [0.1, 0.15) is 19.4 Å². The van der Waals surface area contributed by atoms with Gasteiger partial charge in [-0.3, -0.25) is 4.79 Å². The highest BCUT2D eigenvalue weighted by atomic mass is 16.2. The van der Waals surface area contributed by atoms with Crippen LogP contribution in [-0.4, -0.2) is 29.9 Å². The van der Waals surface area contributed by atoms with Crippen molar-refractivity contribution in [2.24, 2.45) is 5.73 Å². The number of hydrogen-bond acceptors (Lipinski definition) is 2. The van der Waals surface area contributed by atoms with Gasteiger partial charge in [0.2, 0.25) is 5.91 Å². The molecule has 0 heterocycles. The second kappa shape index (κ2) is 5.66. The van der Waals surface area contributed by atoms with Crippen molar-refractivity contribution in [1.29, 1.82) is 0 Å². The van der Waals surface area contributed by atoms with Crippen molar-refractivity contribution in [2.45, 2.75) is 32.4 Å². The molecule has 1 amide bonds. The maximum absolute atomic E-state index is 11.9. The van der Waals surface area contributed by atoms with E-state index in [2.05, 4.69) is 0 Å². The van der Waals surface area contributed by atoms with E-state index < -0.39 is 6.04 Å². The Balaban J connectivity index is 2.59. The Labute approximate surface area is 97.2 Å². The normalized spacial score (nSPS) is 12.6. The van der Waals surface area contributed by atoms with Crippen molar-refractivity contribution in [3.63, 3.8) is 0 Å². The zero-order valence-electron chi connectivity index (χ0n) is 10.2. The summed E-state index contributed by atoms with van der Waals surface area (Å²) in [6.07, 6.45) is 0.594. The standard InChI is InChI=1S/C13H20N2O/c1-10(2)15(3)13(16)12(14)9-11-7-5-4-6-8-11/h4-8,10,12H,9,14H2,1-3H3/t12-/m0/s1. The second-order valence-corrected chi connectivity index (χ2v) is 4.34. The summed E-state index contributed by atoms with van der Waals surface area (Å²) < 4.78 is 0. The van der Waals surface area contributed by atoms with Crippen LogP contribution >= 0.6 is 0 Å². The topological polar surface area (TPSA) is 46.3 Å². The minimum absolute atomic E-state index is 0.00106. The fourth-order valence-electron chi connectivity index (χ4n) is 1.47. The van der Waals surface area contributed by atoms with Crippen LogP contribution in [0.4, 0.5) is 0 Å². The smallest absolute Gasteiger partial charge is 0.239 e. The molecule has 1 aromatic carbocycles. The number of benzene rings is 1. The fraction of sp³-hybridized carbons (Fsp3) is 0.462. The van der Waals surface area contributed by atoms with Crippen molar-refractivity contribution >= 4 is 5.91 Å². The summed E-state index contributed by atoms with van der Waals surface area (Å²) in [4.78, 5) is 13.6. The Bertz CT molecular complexity index is 335. The van der Waals surface area contributed by atoms with Crippen molar-refractivity contribution < 1.29 is 4.79 Å². The Morgan fingerprint density at radius 2 is 1.88 bits per heavy atom. The van der Waals surface area contributed by atoms with Gasteiger partial charge in [-0.15, -0.1) is 0 Å². The molecule has 1 aromatic rings. The van der Waals surface area contributed by atoms with Crippen molar-refractivity contribution in [3.05, 3.63) is 35.9 Å². The van der Waals surface area contributed by atoms with E-state index in [9.17, 15) is 4.79 Å². The van der Waals surface area contributed by atoms with Crippen LogP contribution in [0, 0.1) is 0 Å². The molecule has 0 saturated carbocycles. The van der Waals surface area contributed by atoms with Gasteiger partial charge >= 0.3 is 0 Å². The molecule has 0 radical (unpaired) electrons. The number of nitrogens with two attached hydrogens (primary N) is 1. The van der Waals surface area contributed by atoms with Crippen LogP contribution in [0.5, 0.6) is 0 Å². The van der Waals surface area contributed by atoms with Gasteiger partial charge < -0.3 is 10.6 Å². The first-order valence-electron chi connectivity index (χ1n) is 5.58. The Morgan fingerprint density at radius 3 is 2.38 bits per heavy atom. The third-order valence-corrected chi connectivity index (χ3v) is 2.74. The summed E-state index contributed by atoms with van der Waals surface area (Å²) in [5.74, 6) is -0.00106. The Kier molecular flexibility index (Phi) is 4.50. The van der Waals surface area contributed by atoms with Gasteiger partial charge in [-0.2, -0.15) is 0 Å². The lowest BCUT2D eigenvalue weighted by Crippen LogP contribution is -2.45. The first-order chi connectivity index (χ1) is 7.52. The van der Waals surface area contributed by atoms with Crippen LogP contribution in [0.3, 0.4) is 0 Å². The number of rotatable bonds is 4. The van der Waals surface area contributed by atoms with E-state index in [-0.39, 0.29) is 11.9 Å². The highest BCUT2D eigenvalue weighted by Crippen LogP contribution is 2.05. The van der Waals surface area contributed by atoms with Crippen molar-refractivity contribution in [1.82, 2.24) is 4.90 Å². The molecule has 0 bridgehead atoms. The molecule has 2 N–H and O–H groups in total. The summed E-state index contributed by atoms with van der Waals surface area (Å²) in [5.41, 5.74) is 6.99. The molecular weight excluding hydrogens is 200 g/mol. The van der Waals surface area contributed by atoms with Gasteiger partial charge in [0.05, 0.1) is 6.04 Å². The maximum Gasteiger partial charge on any atom is 0.239 e. The van der Waals surface area contributed by atoms with Crippen LogP contribution in [0.2, 0.25) is 0 Å². The molecule has 0 fully saturated rings. The molecule has 0 unspecified atom stereocenters. The quantitative estimate of drug-likeness (QED) is 0.834. The van der Waals surface area contributed by atoms with E-state index in [1.807, 2.05) is 44.2 Å². The summed E-state index contributed by atoms with van der Waals surface area (Å²) in [5, 5.41) is 0. The zero-order valence-corrected chi connectivity index (χ0v) is 10.2. The lowest BCUT2D eigenvalue weighted by molar-refractivity contribution is -0.132. The lowest BCUT2D eigenvalue weighted by atomic mass is 10.1. The third kappa shape index (κ3) is 3.35. The van der Waals surface area contributed by atoms with Gasteiger partial charge in [-0.05, 0) is 25.8 Å². The monoisotopic (exact) mass is 220 g/mol. The molecule has 16 heavy (non-hydrogen) atoms. The van der Waals surface area contributed by atoms with Gasteiger partial charge in [-0.25, -0.2) is 0 Å². The lowest BCUT2D eigenvalue weighted by Gasteiger charge is -2.24. The molecule has 0 saturated heterocycles. The predicted molar refractivity (Wildman–Crippen MR) is 66.0 cm³/mol. The summed E-state index contributed by atoms with van der Waals surface area (Å²) in [6, 6.07) is 9.59. The highest BCUT2D eigenvalue weighted by molar-refractivity contribution is 5.81. The largest absolute Gasteiger partial charge is 0.342 e. The predicted octanol–water partition coefficient (Wildman–Crippen LogP) is 1.42. The second-order valence-electron chi connectivity index (χ2n) is 4.34. The zero-order chi connectivity index (χ0) is 12.1. The molecule has 0 aliphatic rings. The SMILES string of the molecule is CC(C)N(C)C(=O)[C@@H](N)Cc1ccccc1. The number of carbonyl (C=O) groups is 1. The molecule has 88 valence electrons.